The highest BCUT2D eigenvalue weighted by Crippen LogP contribution is 2.27. The number of likely N-dealkylation sites (N-methyl/N-ethyl adjacent to an activating group) is 1. The lowest BCUT2D eigenvalue weighted by Crippen LogP contribution is -2.29. The third-order valence-electron chi connectivity index (χ3n) is 4.75. The molecule has 0 unspecified atom stereocenters. The predicted molar refractivity (Wildman–Crippen MR) is 99.3 cm³/mol. The van der Waals surface area contributed by atoms with Crippen LogP contribution in [0.3, 0.4) is 0 Å². The lowest BCUT2D eigenvalue weighted by molar-refractivity contribution is 0.360. The predicted octanol–water partition coefficient (Wildman–Crippen LogP) is 2.55. The van der Waals surface area contributed by atoms with E-state index in [2.05, 4.69) is 34.0 Å². The largest absolute Gasteiger partial charge is 0.497 e. The van der Waals surface area contributed by atoms with Gasteiger partial charge in [-0.3, -0.25) is 0 Å². The van der Waals surface area contributed by atoms with E-state index in [1.807, 2.05) is 35.1 Å². The molecular formula is C19H23N5O. The zero-order valence-corrected chi connectivity index (χ0v) is 14.7. The Morgan fingerprint density at radius 3 is 2.88 bits per heavy atom. The van der Waals surface area contributed by atoms with Gasteiger partial charge in [-0.15, -0.1) is 0 Å². The zero-order chi connectivity index (χ0) is 17.2. The van der Waals surface area contributed by atoms with Crippen molar-refractivity contribution in [3.05, 3.63) is 42.7 Å². The molecule has 130 valence electrons. The molecule has 0 saturated carbocycles. The monoisotopic (exact) mass is 337 g/mol. The van der Waals surface area contributed by atoms with Gasteiger partial charge in [-0.2, -0.15) is 5.10 Å². The topological polar surface area (TPSA) is 45.9 Å². The third-order valence-corrected chi connectivity index (χ3v) is 4.75. The summed E-state index contributed by atoms with van der Waals surface area (Å²) in [4.78, 5) is 9.40. The van der Waals surface area contributed by atoms with Crippen molar-refractivity contribution in [1.29, 1.82) is 0 Å². The van der Waals surface area contributed by atoms with Crippen molar-refractivity contribution >= 4 is 11.3 Å². The van der Waals surface area contributed by atoms with Crippen LogP contribution in [0.5, 0.6) is 5.75 Å². The number of aromatic nitrogens is 3. The van der Waals surface area contributed by atoms with Gasteiger partial charge < -0.3 is 14.5 Å². The Morgan fingerprint density at radius 2 is 2.00 bits per heavy atom. The number of fused-ring (bicyclic) bond motifs is 1. The van der Waals surface area contributed by atoms with E-state index in [9.17, 15) is 0 Å². The van der Waals surface area contributed by atoms with Gasteiger partial charge in [-0.05, 0) is 38.2 Å². The second-order valence-corrected chi connectivity index (χ2v) is 6.49. The van der Waals surface area contributed by atoms with Crippen LogP contribution in [-0.4, -0.2) is 59.8 Å². The number of hydrogen-bond donors (Lipinski definition) is 0. The van der Waals surface area contributed by atoms with Crippen molar-refractivity contribution in [2.75, 3.05) is 45.2 Å². The highest BCUT2D eigenvalue weighted by Gasteiger charge is 2.17. The maximum atomic E-state index is 5.33. The molecule has 0 spiro atoms. The lowest BCUT2D eigenvalue weighted by Gasteiger charge is -2.22. The van der Waals surface area contributed by atoms with Gasteiger partial charge in [-0.1, -0.05) is 12.1 Å². The van der Waals surface area contributed by atoms with E-state index in [1.54, 1.807) is 7.11 Å². The zero-order valence-electron chi connectivity index (χ0n) is 14.7. The molecule has 1 fully saturated rings. The van der Waals surface area contributed by atoms with Crippen molar-refractivity contribution in [3.8, 4) is 17.0 Å². The molecule has 1 aliphatic rings. The maximum absolute atomic E-state index is 5.33. The second kappa shape index (κ2) is 6.72. The fourth-order valence-corrected chi connectivity index (χ4v) is 3.33. The van der Waals surface area contributed by atoms with Crippen LogP contribution in [0.2, 0.25) is 0 Å². The molecule has 0 radical (unpaired) electrons. The van der Waals surface area contributed by atoms with Gasteiger partial charge in [0.05, 0.1) is 12.8 Å². The molecule has 3 aromatic rings. The molecule has 0 aliphatic carbocycles. The molecular weight excluding hydrogens is 314 g/mol. The Labute approximate surface area is 147 Å². The van der Waals surface area contributed by atoms with E-state index in [0.717, 1.165) is 60.9 Å². The minimum absolute atomic E-state index is 0.837. The summed E-state index contributed by atoms with van der Waals surface area (Å²) in [5, 5.41) is 4.74. The number of nitrogens with zero attached hydrogens (tertiary/aromatic N) is 5. The van der Waals surface area contributed by atoms with E-state index >= 15 is 0 Å². The van der Waals surface area contributed by atoms with Crippen molar-refractivity contribution < 1.29 is 4.74 Å². The van der Waals surface area contributed by atoms with Crippen LogP contribution in [0.15, 0.2) is 42.7 Å². The molecule has 25 heavy (non-hydrogen) atoms. The van der Waals surface area contributed by atoms with Gasteiger partial charge in [0.2, 0.25) is 0 Å². The highest BCUT2D eigenvalue weighted by molar-refractivity contribution is 5.75. The Bertz CT molecular complexity index is 875. The molecule has 1 aromatic carbocycles. The van der Waals surface area contributed by atoms with Crippen molar-refractivity contribution in [2.45, 2.75) is 6.42 Å². The number of hydrogen-bond acceptors (Lipinski definition) is 5. The molecule has 4 rings (SSSR count). The summed E-state index contributed by atoms with van der Waals surface area (Å²) < 4.78 is 7.26. The standard InChI is InChI=1S/C19H23N5O/c1-22-8-4-9-23(12-11-22)19-18-14-17(21-24(18)10-7-20-19)15-5-3-6-16(13-15)25-2/h3,5-7,10,13-14H,4,8-9,11-12H2,1-2H3. The number of rotatable bonds is 3. The third kappa shape index (κ3) is 3.17. The SMILES string of the molecule is COc1cccc(-c2cc3c(N4CCCN(C)CC4)nccn3n2)c1. The molecule has 6 heteroatoms. The quantitative estimate of drug-likeness (QED) is 0.735. The average Bonchev–Trinajstić information content (AvgIpc) is 2.97. The number of anilines is 1. The number of methoxy groups -OCH3 is 1. The van der Waals surface area contributed by atoms with Crippen LogP contribution < -0.4 is 9.64 Å². The van der Waals surface area contributed by atoms with E-state index in [1.165, 1.54) is 0 Å². The smallest absolute Gasteiger partial charge is 0.154 e. The second-order valence-electron chi connectivity index (χ2n) is 6.49. The summed E-state index contributed by atoms with van der Waals surface area (Å²) in [6.07, 6.45) is 4.89. The normalized spacial score (nSPS) is 16.2. The van der Waals surface area contributed by atoms with Crippen LogP contribution >= 0.6 is 0 Å². The van der Waals surface area contributed by atoms with E-state index < -0.39 is 0 Å². The first-order chi connectivity index (χ1) is 12.2. The average molecular weight is 337 g/mol. The highest BCUT2D eigenvalue weighted by atomic mass is 16.5. The maximum Gasteiger partial charge on any atom is 0.154 e. The molecule has 2 aromatic heterocycles. The molecule has 1 aliphatic heterocycles. The minimum atomic E-state index is 0.837. The Hall–Kier alpha value is -2.60. The molecule has 0 N–H and O–H groups in total. The fourth-order valence-electron chi connectivity index (χ4n) is 3.33. The first-order valence-corrected chi connectivity index (χ1v) is 8.67. The molecule has 0 amide bonds. The van der Waals surface area contributed by atoms with Gasteiger partial charge in [-0.25, -0.2) is 9.50 Å². The Morgan fingerprint density at radius 1 is 1.08 bits per heavy atom. The summed E-state index contributed by atoms with van der Waals surface area (Å²) in [5.74, 6) is 1.85. The van der Waals surface area contributed by atoms with E-state index in [-0.39, 0.29) is 0 Å². The van der Waals surface area contributed by atoms with Crippen LogP contribution in [0.4, 0.5) is 5.82 Å². The minimum Gasteiger partial charge on any atom is -0.497 e. The summed E-state index contributed by atoms with van der Waals surface area (Å²) in [7, 11) is 3.86. The van der Waals surface area contributed by atoms with Gasteiger partial charge in [0.15, 0.2) is 5.82 Å². The van der Waals surface area contributed by atoms with Crippen molar-refractivity contribution in [1.82, 2.24) is 19.5 Å². The van der Waals surface area contributed by atoms with Crippen LogP contribution in [0.25, 0.3) is 16.8 Å². The number of benzene rings is 1. The van der Waals surface area contributed by atoms with E-state index in [0.29, 0.717) is 0 Å². The molecule has 3 heterocycles. The van der Waals surface area contributed by atoms with Gasteiger partial charge in [0.25, 0.3) is 0 Å². The van der Waals surface area contributed by atoms with E-state index in [4.69, 9.17) is 9.84 Å². The van der Waals surface area contributed by atoms with Crippen molar-refractivity contribution in [3.63, 3.8) is 0 Å². The first-order valence-electron chi connectivity index (χ1n) is 8.67. The van der Waals surface area contributed by atoms with Crippen molar-refractivity contribution in [2.24, 2.45) is 0 Å². The molecule has 0 atom stereocenters. The first kappa shape index (κ1) is 15.9. The van der Waals surface area contributed by atoms with Gasteiger partial charge >= 0.3 is 0 Å². The van der Waals surface area contributed by atoms with Crippen LogP contribution in [-0.2, 0) is 0 Å². The lowest BCUT2D eigenvalue weighted by atomic mass is 10.1. The molecule has 6 nitrogen and oxygen atoms in total. The number of ether oxygens (including phenoxy) is 1. The van der Waals surface area contributed by atoms with Crippen LogP contribution in [0.1, 0.15) is 6.42 Å². The fraction of sp³-hybridized carbons (Fsp3) is 0.368. The Balaban J connectivity index is 1.73. The summed E-state index contributed by atoms with van der Waals surface area (Å²) in [5.41, 5.74) is 3.02. The summed E-state index contributed by atoms with van der Waals surface area (Å²) in [6, 6.07) is 10.1. The van der Waals surface area contributed by atoms with Gasteiger partial charge in [0, 0.05) is 37.6 Å². The van der Waals surface area contributed by atoms with Crippen LogP contribution in [0, 0.1) is 0 Å². The van der Waals surface area contributed by atoms with Gasteiger partial charge in [0.1, 0.15) is 11.3 Å². The summed E-state index contributed by atoms with van der Waals surface area (Å²) in [6.45, 7) is 4.20. The summed E-state index contributed by atoms with van der Waals surface area (Å²) >= 11 is 0. The Kier molecular flexibility index (Phi) is 4.28. The molecule has 0 bridgehead atoms. The molecule has 1 saturated heterocycles.